The van der Waals surface area contributed by atoms with E-state index in [1.54, 1.807) is 29.2 Å². The number of thioether (sulfide) groups is 1. The number of thiocarbonyl (C=S) groups is 1. The predicted octanol–water partition coefficient (Wildman–Crippen LogP) is 2.13. The van der Waals surface area contributed by atoms with Crippen LogP contribution in [0.15, 0.2) is 24.3 Å². The van der Waals surface area contributed by atoms with E-state index in [0.29, 0.717) is 40.0 Å². The van der Waals surface area contributed by atoms with Gasteiger partial charge in [-0.15, -0.1) is 0 Å². The molecule has 2 rings (SSSR count). The third-order valence-corrected chi connectivity index (χ3v) is 4.98. The van der Waals surface area contributed by atoms with Gasteiger partial charge >= 0.3 is 0 Å². The van der Waals surface area contributed by atoms with E-state index in [4.69, 9.17) is 23.8 Å². The van der Waals surface area contributed by atoms with E-state index in [-0.39, 0.29) is 18.2 Å². The molecule has 0 saturated carbocycles. The topological polar surface area (TPSA) is 78.5 Å². The normalized spacial score (nSPS) is 14.0. The summed E-state index contributed by atoms with van der Waals surface area (Å²) in [7, 11) is 0. The molecule has 0 aliphatic carbocycles. The molecule has 0 unspecified atom stereocenters. The number of halogens is 1. The van der Waals surface area contributed by atoms with Crippen LogP contribution in [0, 0.1) is 0 Å². The fraction of sp³-hybridized carbons (Fsp3) is 0.333. The zero-order chi connectivity index (χ0) is 17.5. The quantitative estimate of drug-likeness (QED) is 0.445. The molecule has 0 aromatic heterocycles. The summed E-state index contributed by atoms with van der Waals surface area (Å²) in [5.74, 6) is -0.285. The van der Waals surface area contributed by atoms with Gasteiger partial charge in [-0.05, 0) is 37.1 Å². The SMILES string of the molecule is O=C(CCCCN1C(=O)CSC1=S)NNC(=O)c1ccc(Cl)cc1. The van der Waals surface area contributed by atoms with Gasteiger partial charge < -0.3 is 0 Å². The summed E-state index contributed by atoms with van der Waals surface area (Å²) in [4.78, 5) is 36.6. The first-order valence-corrected chi connectivity index (χ1v) is 9.06. The van der Waals surface area contributed by atoms with E-state index in [2.05, 4.69) is 10.9 Å². The van der Waals surface area contributed by atoms with Gasteiger partial charge in [0.25, 0.3) is 5.91 Å². The molecule has 24 heavy (non-hydrogen) atoms. The summed E-state index contributed by atoms with van der Waals surface area (Å²) in [6, 6.07) is 6.33. The number of carbonyl (C=O) groups is 3. The van der Waals surface area contributed by atoms with Crippen LogP contribution in [-0.2, 0) is 9.59 Å². The maximum Gasteiger partial charge on any atom is 0.269 e. The Balaban J connectivity index is 1.63. The van der Waals surface area contributed by atoms with Crippen LogP contribution in [0.2, 0.25) is 5.02 Å². The number of nitrogens with one attached hydrogen (secondary N) is 2. The standard InChI is InChI=1S/C15H16ClN3O3S2/c16-11-6-4-10(5-7-11)14(22)18-17-12(20)3-1-2-8-19-13(21)9-24-15(19)23/h4-7H,1-3,8-9H2,(H,17,20)(H,18,22). The zero-order valence-corrected chi connectivity index (χ0v) is 15.1. The fourth-order valence-electron chi connectivity index (χ4n) is 2.01. The average molecular weight is 386 g/mol. The third-order valence-electron chi connectivity index (χ3n) is 3.30. The van der Waals surface area contributed by atoms with Gasteiger partial charge in [0.05, 0.1) is 5.75 Å². The Bertz CT molecular complexity index is 636. The highest BCUT2D eigenvalue weighted by atomic mass is 35.5. The first-order valence-electron chi connectivity index (χ1n) is 7.29. The van der Waals surface area contributed by atoms with E-state index in [0.717, 1.165) is 0 Å². The molecule has 6 nitrogen and oxygen atoms in total. The number of carbonyl (C=O) groups excluding carboxylic acids is 3. The number of hydrazine groups is 1. The molecule has 1 aliphatic rings. The minimum absolute atomic E-state index is 0.0182. The summed E-state index contributed by atoms with van der Waals surface area (Å²) in [6.07, 6.45) is 1.52. The second-order valence-corrected chi connectivity index (χ2v) is 7.11. The summed E-state index contributed by atoms with van der Waals surface area (Å²) < 4.78 is 0.597. The molecule has 128 valence electrons. The van der Waals surface area contributed by atoms with Gasteiger partial charge in [-0.25, -0.2) is 0 Å². The van der Waals surface area contributed by atoms with Crippen LogP contribution in [0.4, 0.5) is 0 Å². The summed E-state index contributed by atoms with van der Waals surface area (Å²) >= 11 is 12.2. The molecule has 0 bridgehead atoms. The highest BCUT2D eigenvalue weighted by Gasteiger charge is 2.25. The molecule has 1 saturated heterocycles. The van der Waals surface area contributed by atoms with Gasteiger partial charge in [-0.3, -0.25) is 30.1 Å². The average Bonchev–Trinajstić information content (AvgIpc) is 2.88. The minimum atomic E-state index is -0.412. The molecule has 0 spiro atoms. The Morgan fingerprint density at radius 1 is 1.21 bits per heavy atom. The lowest BCUT2D eigenvalue weighted by Crippen LogP contribution is -2.41. The maximum atomic E-state index is 11.8. The van der Waals surface area contributed by atoms with Crippen LogP contribution in [0.25, 0.3) is 0 Å². The first kappa shape index (κ1) is 18.7. The summed E-state index contributed by atoms with van der Waals surface area (Å²) in [5.41, 5.74) is 5.10. The number of unbranched alkanes of at least 4 members (excludes halogenated alkanes) is 1. The molecule has 1 aliphatic heterocycles. The maximum absolute atomic E-state index is 11.8. The number of hydrogen-bond donors (Lipinski definition) is 2. The van der Waals surface area contributed by atoms with Crippen LogP contribution < -0.4 is 10.9 Å². The van der Waals surface area contributed by atoms with Gasteiger partial charge in [0.2, 0.25) is 11.8 Å². The fourth-order valence-corrected chi connectivity index (χ4v) is 3.26. The molecule has 1 heterocycles. The van der Waals surface area contributed by atoms with E-state index < -0.39 is 5.91 Å². The predicted molar refractivity (Wildman–Crippen MR) is 97.7 cm³/mol. The number of rotatable bonds is 6. The molecule has 0 atom stereocenters. The Morgan fingerprint density at radius 2 is 1.92 bits per heavy atom. The Labute approximate surface area is 154 Å². The Hall–Kier alpha value is -1.64. The van der Waals surface area contributed by atoms with Crippen LogP contribution >= 0.6 is 35.6 Å². The number of hydrogen-bond acceptors (Lipinski definition) is 5. The Morgan fingerprint density at radius 3 is 2.54 bits per heavy atom. The lowest BCUT2D eigenvalue weighted by atomic mass is 10.2. The molecular formula is C15H16ClN3O3S2. The second kappa shape index (κ2) is 9.00. The molecule has 1 aromatic rings. The van der Waals surface area contributed by atoms with Crippen molar-refractivity contribution in [1.29, 1.82) is 0 Å². The monoisotopic (exact) mass is 385 g/mol. The van der Waals surface area contributed by atoms with Crippen molar-refractivity contribution in [3.05, 3.63) is 34.9 Å². The van der Waals surface area contributed by atoms with Gasteiger partial charge in [0, 0.05) is 23.6 Å². The molecule has 9 heteroatoms. The van der Waals surface area contributed by atoms with Crippen molar-refractivity contribution in [3.63, 3.8) is 0 Å². The number of amides is 3. The number of benzene rings is 1. The van der Waals surface area contributed by atoms with E-state index in [1.165, 1.54) is 11.8 Å². The molecule has 1 fully saturated rings. The number of nitrogens with zero attached hydrogens (tertiary/aromatic N) is 1. The minimum Gasteiger partial charge on any atom is -0.297 e. The third kappa shape index (κ3) is 5.47. The van der Waals surface area contributed by atoms with E-state index in [9.17, 15) is 14.4 Å². The highest BCUT2D eigenvalue weighted by Crippen LogP contribution is 2.19. The van der Waals surface area contributed by atoms with Gasteiger partial charge in [0.15, 0.2) is 0 Å². The van der Waals surface area contributed by atoms with Crippen molar-refractivity contribution in [3.8, 4) is 0 Å². The largest absolute Gasteiger partial charge is 0.297 e. The van der Waals surface area contributed by atoms with Crippen molar-refractivity contribution < 1.29 is 14.4 Å². The van der Waals surface area contributed by atoms with Crippen LogP contribution in [-0.4, -0.2) is 39.2 Å². The van der Waals surface area contributed by atoms with Crippen molar-refractivity contribution in [2.24, 2.45) is 0 Å². The zero-order valence-electron chi connectivity index (χ0n) is 12.7. The van der Waals surface area contributed by atoms with Gasteiger partial charge in [-0.2, -0.15) is 0 Å². The van der Waals surface area contributed by atoms with E-state index in [1.807, 2.05) is 0 Å². The lowest BCUT2D eigenvalue weighted by Gasteiger charge is -2.14. The van der Waals surface area contributed by atoms with Crippen molar-refractivity contribution in [2.75, 3.05) is 12.3 Å². The van der Waals surface area contributed by atoms with Crippen LogP contribution in [0.5, 0.6) is 0 Å². The lowest BCUT2D eigenvalue weighted by molar-refractivity contribution is -0.124. The molecular weight excluding hydrogens is 370 g/mol. The molecule has 0 radical (unpaired) electrons. The van der Waals surface area contributed by atoms with Crippen LogP contribution in [0.3, 0.4) is 0 Å². The van der Waals surface area contributed by atoms with Gasteiger partial charge in [0.1, 0.15) is 4.32 Å². The second-order valence-electron chi connectivity index (χ2n) is 5.07. The smallest absolute Gasteiger partial charge is 0.269 e. The van der Waals surface area contributed by atoms with Crippen molar-refractivity contribution >= 4 is 57.6 Å². The van der Waals surface area contributed by atoms with Gasteiger partial charge in [-0.1, -0.05) is 35.6 Å². The summed E-state index contributed by atoms with van der Waals surface area (Å²) in [6.45, 7) is 0.523. The van der Waals surface area contributed by atoms with Crippen molar-refractivity contribution in [1.82, 2.24) is 15.8 Å². The molecule has 2 N–H and O–H groups in total. The van der Waals surface area contributed by atoms with Crippen molar-refractivity contribution in [2.45, 2.75) is 19.3 Å². The van der Waals surface area contributed by atoms with Crippen LogP contribution in [0.1, 0.15) is 29.6 Å². The summed E-state index contributed by atoms with van der Waals surface area (Å²) in [5, 5.41) is 0.532. The Kier molecular flexibility index (Phi) is 7.01. The molecule has 3 amide bonds. The highest BCUT2D eigenvalue weighted by molar-refractivity contribution is 8.23. The first-order chi connectivity index (χ1) is 11.5. The van der Waals surface area contributed by atoms with E-state index >= 15 is 0 Å². The molecule has 1 aromatic carbocycles.